The van der Waals surface area contributed by atoms with Gasteiger partial charge in [-0.25, -0.2) is 4.98 Å². The highest BCUT2D eigenvalue weighted by Gasteiger charge is 2.21. The van der Waals surface area contributed by atoms with E-state index in [1.165, 1.54) is 0 Å². The van der Waals surface area contributed by atoms with Gasteiger partial charge >= 0.3 is 0 Å². The first-order valence-corrected chi connectivity index (χ1v) is 6.21. The molecular weight excluding hydrogens is 293 g/mol. The third-order valence-corrected chi connectivity index (χ3v) is 3.27. The Morgan fingerprint density at radius 2 is 2.06 bits per heavy atom. The van der Waals surface area contributed by atoms with Crippen LogP contribution < -0.4 is 5.73 Å². The standard InChI is InChI=1S/C11H19N3OS.2ClH/c1-7(2)10(12)11(15)14(4)5-9-6-16-8(3)13-9;;/h6-7,10H,5,12H2,1-4H3;2*1H/t10-;;/m1../s1. The minimum absolute atomic E-state index is 0. The molecule has 0 aromatic carbocycles. The van der Waals surface area contributed by atoms with E-state index in [-0.39, 0.29) is 36.6 Å². The molecule has 0 spiro atoms. The fourth-order valence-electron chi connectivity index (χ4n) is 1.34. The maximum absolute atomic E-state index is 11.9. The molecule has 0 aliphatic carbocycles. The van der Waals surface area contributed by atoms with Crippen molar-refractivity contribution in [2.75, 3.05) is 7.05 Å². The fourth-order valence-corrected chi connectivity index (χ4v) is 1.95. The molecule has 7 heteroatoms. The second-order valence-electron chi connectivity index (χ2n) is 4.32. The number of aromatic nitrogens is 1. The predicted molar refractivity (Wildman–Crippen MR) is 80.6 cm³/mol. The zero-order chi connectivity index (χ0) is 12.3. The number of hydrogen-bond donors (Lipinski definition) is 1. The van der Waals surface area contributed by atoms with Gasteiger partial charge in [-0.3, -0.25) is 4.79 Å². The summed E-state index contributed by atoms with van der Waals surface area (Å²) >= 11 is 1.59. The Hall–Kier alpha value is -0.360. The molecule has 0 bridgehead atoms. The minimum Gasteiger partial charge on any atom is -0.338 e. The third kappa shape index (κ3) is 5.52. The normalized spacial score (nSPS) is 11.4. The molecule has 18 heavy (non-hydrogen) atoms. The average molecular weight is 314 g/mol. The van der Waals surface area contributed by atoms with E-state index in [0.29, 0.717) is 6.54 Å². The highest BCUT2D eigenvalue weighted by molar-refractivity contribution is 7.09. The lowest BCUT2D eigenvalue weighted by atomic mass is 10.0. The Kier molecular flexibility index (Phi) is 9.64. The molecule has 106 valence electrons. The van der Waals surface area contributed by atoms with Gasteiger partial charge in [0.1, 0.15) is 0 Å². The van der Waals surface area contributed by atoms with Gasteiger partial charge in [-0.05, 0) is 12.8 Å². The summed E-state index contributed by atoms with van der Waals surface area (Å²) in [7, 11) is 1.76. The number of aryl methyl sites for hydroxylation is 1. The molecule has 0 unspecified atom stereocenters. The van der Waals surface area contributed by atoms with Crippen LogP contribution in [0.4, 0.5) is 0 Å². The van der Waals surface area contributed by atoms with Crippen LogP contribution in [0.15, 0.2) is 5.38 Å². The molecule has 2 N–H and O–H groups in total. The number of halogens is 2. The largest absolute Gasteiger partial charge is 0.338 e. The number of thiazole rings is 1. The molecule has 1 heterocycles. The van der Waals surface area contributed by atoms with Crippen LogP contribution in [-0.2, 0) is 11.3 Å². The summed E-state index contributed by atoms with van der Waals surface area (Å²) in [6.45, 7) is 6.38. The molecule has 0 fully saturated rings. The Labute approximate surface area is 125 Å². The molecule has 1 aromatic heterocycles. The summed E-state index contributed by atoms with van der Waals surface area (Å²) in [5, 5.41) is 2.99. The van der Waals surface area contributed by atoms with Gasteiger partial charge < -0.3 is 10.6 Å². The first kappa shape index (κ1) is 20.0. The lowest BCUT2D eigenvalue weighted by Crippen LogP contribution is -2.44. The van der Waals surface area contributed by atoms with Gasteiger partial charge in [-0.2, -0.15) is 0 Å². The molecule has 0 saturated carbocycles. The van der Waals surface area contributed by atoms with E-state index in [4.69, 9.17) is 5.73 Å². The molecule has 0 radical (unpaired) electrons. The Morgan fingerprint density at radius 1 is 1.50 bits per heavy atom. The van der Waals surface area contributed by atoms with Crippen LogP contribution in [0.5, 0.6) is 0 Å². The van der Waals surface area contributed by atoms with Crippen LogP contribution in [0.25, 0.3) is 0 Å². The lowest BCUT2D eigenvalue weighted by molar-refractivity contribution is -0.132. The topological polar surface area (TPSA) is 59.2 Å². The number of carbonyl (C=O) groups is 1. The highest BCUT2D eigenvalue weighted by Crippen LogP contribution is 2.11. The Balaban J connectivity index is 0. The summed E-state index contributed by atoms with van der Waals surface area (Å²) in [6.07, 6.45) is 0. The number of hydrogen-bond acceptors (Lipinski definition) is 4. The van der Waals surface area contributed by atoms with Gasteiger partial charge in [0, 0.05) is 12.4 Å². The fraction of sp³-hybridized carbons (Fsp3) is 0.636. The van der Waals surface area contributed by atoms with Crippen LogP contribution in [0.1, 0.15) is 24.5 Å². The Bertz CT molecular complexity index is 371. The van der Waals surface area contributed by atoms with Crippen LogP contribution in [-0.4, -0.2) is 28.9 Å². The smallest absolute Gasteiger partial charge is 0.239 e. The van der Waals surface area contributed by atoms with E-state index in [2.05, 4.69) is 4.98 Å². The number of nitrogens with two attached hydrogens (primary N) is 1. The first-order valence-electron chi connectivity index (χ1n) is 5.33. The van der Waals surface area contributed by atoms with Crippen LogP contribution in [0, 0.1) is 12.8 Å². The van der Waals surface area contributed by atoms with E-state index in [1.54, 1.807) is 23.3 Å². The van der Waals surface area contributed by atoms with Crippen molar-refractivity contribution in [3.8, 4) is 0 Å². The second-order valence-corrected chi connectivity index (χ2v) is 5.38. The van der Waals surface area contributed by atoms with Gasteiger partial charge in [0.2, 0.25) is 5.91 Å². The van der Waals surface area contributed by atoms with Gasteiger partial charge in [0.15, 0.2) is 0 Å². The van der Waals surface area contributed by atoms with Gasteiger partial charge in [0.25, 0.3) is 0 Å². The van der Waals surface area contributed by atoms with Crippen molar-refractivity contribution in [2.45, 2.75) is 33.4 Å². The molecule has 0 saturated heterocycles. The van der Waals surface area contributed by atoms with Gasteiger partial charge in [0.05, 0.1) is 23.3 Å². The Morgan fingerprint density at radius 3 is 2.44 bits per heavy atom. The highest BCUT2D eigenvalue weighted by atomic mass is 35.5. The van der Waals surface area contributed by atoms with Crippen molar-refractivity contribution in [1.82, 2.24) is 9.88 Å². The lowest BCUT2D eigenvalue weighted by Gasteiger charge is -2.22. The molecule has 1 amide bonds. The van der Waals surface area contributed by atoms with Crippen molar-refractivity contribution in [1.29, 1.82) is 0 Å². The SMILES string of the molecule is Cc1nc(CN(C)C(=O)[C@H](N)C(C)C)cs1.Cl.Cl. The van der Waals surface area contributed by atoms with Crippen molar-refractivity contribution in [3.63, 3.8) is 0 Å². The molecule has 1 rings (SSSR count). The quantitative estimate of drug-likeness (QED) is 0.927. The number of likely N-dealkylation sites (N-methyl/N-ethyl adjacent to an activating group) is 1. The van der Waals surface area contributed by atoms with Crippen molar-refractivity contribution >= 4 is 42.1 Å². The average Bonchev–Trinajstić information content (AvgIpc) is 2.61. The molecule has 1 atom stereocenters. The number of carbonyl (C=O) groups excluding carboxylic acids is 1. The van der Waals surface area contributed by atoms with E-state index < -0.39 is 6.04 Å². The van der Waals surface area contributed by atoms with E-state index in [9.17, 15) is 4.79 Å². The summed E-state index contributed by atoms with van der Waals surface area (Å²) < 4.78 is 0. The maximum atomic E-state index is 11.9. The number of rotatable bonds is 4. The number of amides is 1. The van der Waals surface area contributed by atoms with Gasteiger partial charge in [-0.1, -0.05) is 13.8 Å². The second kappa shape index (κ2) is 8.69. The van der Waals surface area contributed by atoms with E-state index in [0.717, 1.165) is 10.7 Å². The van der Waals surface area contributed by atoms with Crippen LogP contribution >= 0.6 is 36.2 Å². The summed E-state index contributed by atoms with van der Waals surface area (Å²) in [5.74, 6) is 0.132. The van der Waals surface area contributed by atoms with Crippen molar-refractivity contribution in [3.05, 3.63) is 16.1 Å². The summed E-state index contributed by atoms with van der Waals surface area (Å²) in [6, 6.07) is -0.426. The minimum atomic E-state index is -0.426. The zero-order valence-electron chi connectivity index (χ0n) is 11.0. The monoisotopic (exact) mass is 313 g/mol. The molecule has 4 nitrogen and oxygen atoms in total. The first-order chi connectivity index (χ1) is 7.41. The third-order valence-electron chi connectivity index (χ3n) is 2.45. The van der Waals surface area contributed by atoms with Crippen molar-refractivity contribution in [2.24, 2.45) is 11.7 Å². The molecule has 0 aliphatic heterocycles. The van der Waals surface area contributed by atoms with E-state index in [1.807, 2.05) is 26.2 Å². The van der Waals surface area contributed by atoms with E-state index >= 15 is 0 Å². The summed E-state index contributed by atoms with van der Waals surface area (Å²) in [5.41, 5.74) is 6.74. The molecule has 0 aliphatic rings. The summed E-state index contributed by atoms with van der Waals surface area (Å²) in [4.78, 5) is 17.8. The van der Waals surface area contributed by atoms with Crippen LogP contribution in [0.2, 0.25) is 0 Å². The van der Waals surface area contributed by atoms with Crippen molar-refractivity contribution < 1.29 is 4.79 Å². The predicted octanol–water partition coefficient (Wildman–Crippen LogP) is 2.24. The maximum Gasteiger partial charge on any atom is 0.239 e. The number of nitrogens with zero attached hydrogens (tertiary/aromatic N) is 2. The van der Waals surface area contributed by atoms with Crippen LogP contribution in [0.3, 0.4) is 0 Å². The van der Waals surface area contributed by atoms with Gasteiger partial charge in [-0.15, -0.1) is 36.2 Å². The zero-order valence-corrected chi connectivity index (χ0v) is 13.5. The molecular formula is C11H21Cl2N3OS. The molecule has 1 aromatic rings.